The Hall–Kier alpha value is -0.820. The summed E-state index contributed by atoms with van der Waals surface area (Å²) in [5.74, 6) is 0. The highest BCUT2D eigenvalue weighted by atomic mass is 16.3. The summed E-state index contributed by atoms with van der Waals surface area (Å²) < 4.78 is 0. The van der Waals surface area contributed by atoms with Crippen molar-refractivity contribution in [3.05, 3.63) is 35.4 Å². The van der Waals surface area contributed by atoms with Crippen molar-refractivity contribution in [2.45, 2.75) is 45.6 Å². The number of aliphatic hydroxyl groups is 1. The third-order valence-electron chi connectivity index (χ3n) is 2.51. The number of aryl methyl sites for hydroxylation is 1. The molecule has 78 valence electrons. The van der Waals surface area contributed by atoms with Gasteiger partial charge in [0.05, 0.1) is 6.10 Å². The van der Waals surface area contributed by atoms with Crippen molar-refractivity contribution in [3.63, 3.8) is 0 Å². The van der Waals surface area contributed by atoms with Crippen LogP contribution in [0.5, 0.6) is 0 Å². The molecule has 1 aromatic rings. The van der Waals surface area contributed by atoms with Crippen molar-refractivity contribution < 1.29 is 5.11 Å². The van der Waals surface area contributed by atoms with Crippen LogP contribution < -0.4 is 0 Å². The zero-order valence-electron chi connectivity index (χ0n) is 9.16. The molecular weight excluding hydrogens is 172 g/mol. The van der Waals surface area contributed by atoms with E-state index in [1.807, 2.05) is 12.1 Å². The van der Waals surface area contributed by atoms with Gasteiger partial charge in [-0.2, -0.15) is 0 Å². The summed E-state index contributed by atoms with van der Waals surface area (Å²) in [7, 11) is 0. The Morgan fingerprint density at radius 1 is 1.29 bits per heavy atom. The first-order valence-electron chi connectivity index (χ1n) is 5.48. The lowest BCUT2D eigenvalue weighted by molar-refractivity contribution is 0.163. The van der Waals surface area contributed by atoms with Crippen LogP contribution in [0, 0.1) is 6.92 Å². The van der Waals surface area contributed by atoms with Gasteiger partial charge in [0.1, 0.15) is 0 Å². The lowest BCUT2D eigenvalue weighted by Crippen LogP contribution is -1.97. The van der Waals surface area contributed by atoms with Crippen LogP contribution in [0.4, 0.5) is 0 Å². The first-order valence-corrected chi connectivity index (χ1v) is 5.48. The fraction of sp³-hybridized carbons (Fsp3) is 0.538. The Morgan fingerprint density at radius 3 is 2.71 bits per heavy atom. The average Bonchev–Trinajstić information content (AvgIpc) is 2.18. The normalized spacial score (nSPS) is 12.8. The van der Waals surface area contributed by atoms with Crippen molar-refractivity contribution in [2.24, 2.45) is 0 Å². The third kappa shape index (κ3) is 3.51. The van der Waals surface area contributed by atoms with Crippen LogP contribution in [0.2, 0.25) is 0 Å². The van der Waals surface area contributed by atoms with Gasteiger partial charge >= 0.3 is 0 Å². The van der Waals surface area contributed by atoms with Crippen LogP contribution in [0.1, 0.15) is 49.8 Å². The molecule has 0 heterocycles. The molecule has 0 saturated carbocycles. The number of hydrogen-bond acceptors (Lipinski definition) is 1. The Morgan fingerprint density at radius 2 is 2.07 bits per heavy atom. The molecule has 0 saturated heterocycles. The van der Waals surface area contributed by atoms with E-state index in [0.717, 1.165) is 18.4 Å². The standard InChI is InChI=1S/C13H20O/c1-3-4-5-9-13(14)12-8-6-7-11(2)10-12/h6-8,10,13-14H,3-5,9H2,1-2H3/t13-/m0/s1. The van der Waals surface area contributed by atoms with Crippen molar-refractivity contribution in [1.29, 1.82) is 0 Å². The highest BCUT2D eigenvalue weighted by Crippen LogP contribution is 2.20. The maximum atomic E-state index is 9.87. The van der Waals surface area contributed by atoms with Crippen LogP contribution in [-0.2, 0) is 0 Å². The van der Waals surface area contributed by atoms with E-state index in [-0.39, 0.29) is 6.10 Å². The molecule has 1 rings (SSSR count). The molecule has 0 fully saturated rings. The van der Waals surface area contributed by atoms with Crippen LogP contribution in [0.3, 0.4) is 0 Å². The number of aliphatic hydroxyl groups excluding tert-OH is 1. The molecule has 14 heavy (non-hydrogen) atoms. The summed E-state index contributed by atoms with van der Waals surface area (Å²) in [6, 6.07) is 8.14. The lowest BCUT2D eigenvalue weighted by atomic mass is 10.0. The molecule has 1 aromatic carbocycles. The van der Waals surface area contributed by atoms with Crippen LogP contribution >= 0.6 is 0 Å². The maximum absolute atomic E-state index is 9.87. The minimum absolute atomic E-state index is 0.276. The molecule has 0 unspecified atom stereocenters. The molecule has 0 amide bonds. The summed E-state index contributed by atoms with van der Waals surface area (Å²) in [6.45, 7) is 4.24. The van der Waals surface area contributed by atoms with Gasteiger partial charge in [-0.25, -0.2) is 0 Å². The largest absolute Gasteiger partial charge is 0.388 e. The topological polar surface area (TPSA) is 20.2 Å². The number of benzene rings is 1. The fourth-order valence-corrected chi connectivity index (χ4v) is 1.63. The molecule has 0 aliphatic carbocycles. The summed E-state index contributed by atoms with van der Waals surface area (Å²) in [5.41, 5.74) is 2.28. The molecule has 1 heteroatoms. The second-order valence-electron chi connectivity index (χ2n) is 3.93. The minimum atomic E-state index is -0.276. The van der Waals surface area contributed by atoms with E-state index in [2.05, 4.69) is 26.0 Å². The first kappa shape index (κ1) is 11.3. The van der Waals surface area contributed by atoms with E-state index in [1.165, 1.54) is 18.4 Å². The highest BCUT2D eigenvalue weighted by Gasteiger charge is 2.06. The van der Waals surface area contributed by atoms with E-state index >= 15 is 0 Å². The van der Waals surface area contributed by atoms with E-state index in [4.69, 9.17) is 0 Å². The van der Waals surface area contributed by atoms with Crippen LogP contribution in [-0.4, -0.2) is 5.11 Å². The summed E-state index contributed by atoms with van der Waals surface area (Å²) in [6.07, 6.45) is 4.15. The van der Waals surface area contributed by atoms with E-state index < -0.39 is 0 Å². The number of hydrogen-bond donors (Lipinski definition) is 1. The SMILES string of the molecule is CCCCC[C@H](O)c1cccc(C)c1. The minimum Gasteiger partial charge on any atom is -0.388 e. The molecule has 0 radical (unpaired) electrons. The van der Waals surface area contributed by atoms with Gasteiger partial charge in [0, 0.05) is 0 Å². The summed E-state index contributed by atoms with van der Waals surface area (Å²) in [5, 5.41) is 9.87. The van der Waals surface area contributed by atoms with Gasteiger partial charge in [0.15, 0.2) is 0 Å². The van der Waals surface area contributed by atoms with Crippen molar-refractivity contribution in [3.8, 4) is 0 Å². The Balaban J connectivity index is 2.47. The van der Waals surface area contributed by atoms with E-state index in [0.29, 0.717) is 0 Å². The summed E-state index contributed by atoms with van der Waals surface area (Å²) in [4.78, 5) is 0. The Bertz CT molecular complexity index is 268. The molecule has 0 spiro atoms. The maximum Gasteiger partial charge on any atom is 0.0790 e. The molecule has 1 atom stereocenters. The summed E-state index contributed by atoms with van der Waals surface area (Å²) >= 11 is 0. The third-order valence-corrected chi connectivity index (χ3v) is 2.51. The quantitative estimate of drug-likeness (QED) is 0.707. The predicted octanol–water partition coefficient (Wildman–Crippen LogP) is 3.61. The van der Waals surface area contributed by atoms with Gasteiger partial charge in [-0.3, -0.25) is 0 Å². The van der Waals surface area contributed by atoms with Gasteiger partial charge in [-0.05, 0) is 18.9 Å². The lowest BCUT2D eigenvalue weighted by Gasteiger charge is -2.10. The molecule has 0 aromatic heterocycles. The second-order valence-corrected chi connectivity index (χ2v) is 3.93. The first-order chi connectivity index (χ1) is 6.74. The highest BCUT2D eigenvalue weighted by molar-refractivity contribution is 5.23. The molecule has 0 bridgehead atoms. The fourth-order valence-electron chi connectivity index (χ4n) is 1.63. The van der Waals surface area contributed by atoms with Gasteiger partial charge in [-0.15, -0.1) is 0 Å². The van der Waals surface area contributed by atoms with Crippen molar-refractivity contribution in [2.75, 3.05) is 0 Å². The van der Waals surface area contributed by atoms with Gasteiger partial charge in [-0.1, -0.05) is 56.0 Å². The average molecular weight is 192 g/mol. The molecule has 0 aliphatic rings. The molecule has 1 nitrogen and oxygen atoms in total. The van der Waals surface area contributed by atoms with Crippen LogP contribution in [0.15, 0.2) is 24.3 Å². The number of rotatable bonds is 5. The Labute approximate surface area is 86.8 Å². The predicted molar refractivity (Wildman–Crippen MR) is 60.3 cm³/mol. The van der Waals surface area contributed by atoms with E-state index in [1.54, 1.807) is 0 Å². The van der Waals surface area contributed by atoms with Crippen molar-refractivity contribution in [1.82, 2.24) is 0 Å². The number of unbranched alkanes of at least 4 members (excludes halogenated alkanes) is 2. The monoisotopic (exact) mass is 192 g/mol. The van der Waals surface area contributed by atoms with E-state index in [9.17, 15) is 5.11 Å². The second kappa shape index (κ2) is 5.82. The molecule has 1 N–H and O–H groups in total. The van der Waals surface area contributed by atoms with Crippen LogP contribution in [0.25, 0.3) is 0 Å². The van der Waals surface area contributed by atoms with Gasteiger partial charge < -0.3 is 5.11 Å². The molecular formula is C13H20O. The smallest absolute Gasteiger partial charge is 0.0790 e. The Kier molecular flexibility index (Phi) is 4.68. The molecule has 0 aliphatic heterocycles. The zero-order valence-corrected chi connectivity index (χ0v) is 9.16. The zero-order chi connectivity index (χ0) is 10.4. The van der Waals surface area contributed by atoms with Gasteiger partial charge in [0.25, 0.3) is 0 Å². The van der Waals surface area contributed by atoms with Crippen molar-refractivity contribution >= 4 is 0 Å². The van der Waals surface area contributed by atoms with Gasteiger partial charge in [0.2, 0.25) is 0 Å².